The third-order valence-corrected chi connectivity index (χ3v) is 6.40. The number of nitrogens with one attached hydrogen (secondary N) is 2. The number of non-ortho nitro benzene ring substituents is 1. The zero-order valence-electron chi connectivity index (χ0n) is 18.4. The topological polar surface area (TPSA) is 103 Å². The smallest absolute Gasteiger partial charge is 0.341 e. The lowest BCUT2D eigenvalue weighted by Gasteiger charge is -2.17. The molecule has 0 aliphatic heterocycles. The van der Waals surface area contributed by atoms with Crippen molar-refractivity contribution < 1.29 is 36.8 Å². The summed E-state index contributed by atoms with van der Waals surface area (Å²) in [7, 11) is 0. The first-order valence-corrected chi connectivity index (χ1v) is 11.7. The van der Waals surface area contributed by atoms with Gasteiger partial charge in [0, 0.05) is 17.0 Å². The van der Waals surface area contributed by atoms with Crippen molar-refractivity contribution in [3.8, 4) is 5.75 Å². The number of carbonyl (C=O) groups is 1. The minimum atomic E-state index is -4.43. The van der Waals surface area contributed by atoms with E-state index in [-0.39, 0.29) is 17.4 Å². The Balaban J connectivity index is 1.81. The van der Waals surface area contributed by atoms with Gasteiger partial charge in [0.2, 0.25) is 0 Å². The zero-order chi connectivity index (χ0) is 25.8. The fourth-order valence-electron chi connectivity index (χ4n) is 3.43. The van der Waals surface area contributed by atoms with Crippen molar-refractivity contribution in [1.82, 2.24) is 0 Å². The summed E-state index contributed by atoms with van der Waals surface area (Å²) in [6, 6.07) is 3.00. The number of halogens is 4. The second-order valence-electron chi connectivity index (χ2n) is 7.54. The Kier molecular flexibility index (Phi) is 8.48. The highest BCUT2D eigenvalue weighted by molar-refractivity contribution is 7.80. The van der Waals surface area contributed by atoms with Crippen LogP contribution in [0.1, 0.15) is 40.6 Å². The number of thiophene rings is 1. The van der Waals surface area contributed by atoms with Crippen LogP contribution in [0.2, 0.25) is 0 Å². The molecule has 1 aliphatic carbocycles. The van der Waals surface area contributed by atoms with E-state index in [2.05, 4.69) is 10.6 Å². The van der Waals surface area contributed by atoms with E-state index in [0.29, 0.717) is 10.6 Å². The molecule has 0 saturated carbocycles. The third-order valence-electron chi connectivity index (χ3n) is 4.99. The number of carbonyl (C=O) groups excluding carboxylic acids is 1. The Morgan fingerprint density at radius 2 is 1.97 bits per heavy atom. The molecule has 35 heavy (non-hydrogen) atoms. The van der Waals surface area contributed by atoms with Crippen LogP contribution >= 0.6 is 23.6 Å². The molecule has 0 spiro atoms. The van der Waals surface area contributed by atoms with Crippen LogP contribution in [-0.2, 0) is 17.6 Å². The van der Waals surface area contributed by atoms with Gasteiger partial charge in [-0.15, -0.1) is 11.3 Å². The molecule has 2 N–H and O–H groups in total. The standard InChI is InChI=1S/C21H21F4N3O5S2/c1-2-32-18(29)16-14-5-3-4-6-15(14)35-17(16)27-20(34)26-11-7-12(28(30)31)9-13(8-11)33-10-21(24,25)19(22)23/h7-9,19H,2-6,10H2,1H3,(H2,26,27,34). The molecular weight excluding hydrogens is 514 g/mol. The van der Waals surface area contributed by atoms with Crippen LogP contribution in [0.5, 0.6) is 5.75 Å². The Morgan fingerprint density at radius 3 is 2.63 bits per heavy atom. The minimum Gasteiger partial charge on any atom is -0.487 e. The number of alkyl halides is 4. The maximum atomic E-state index is 13.2. The van der Waals surface area contributed by atoms with Gasteiger partial charge >= 0.3 is 18.3 Å². The number of nitro benzene ring substituents is 1. The van der Waals surface area contributed by atoms with Gasteiger partial charge in [0.15, 0.2) is 11.7 Å². The number of nitrogens with zero attached hydrogens (tertiary/aromatic N) is 1. The van der Waals surface area contributed by atoms with Gasteiger partial charge < -0.3 is 20.1 Å². The van der Waals surface area contributed by atoms with E-state index in [0.717, 1.165) is 54.3 Å². The summed E-state index contributed by atoms with van der Waals surface area (Å²) in [5.74, 6) is -5.36. The molecule has 3 rings (SSSR count). The number of benzene rings is 1. The normalized spacial score (nSPS) is 13.2. The molecule has 0 radical (unpaired) electrons. The van der Waals surface area contributed by atoms with E-state index < -0.39 is 41.3 Å². The number of hydrogen-bond acceptors (Lipinski definition) is 7. The number of hydrogen-bond donors (Lipinski definition) is 2. The molecule has 8 nitrogen and oxygen atoms in total. The van der Waals surface area contributed by atoms with Crippen molar-refractivity contribution in [2.75, 3.05) is 23.8 Å². The van der Waals surface area contributed by atoms with Crippen LogP contribution < -0.4 is 15.4 Å². The monoisotopic (exact) mass is 535 g/mol. The average molecular weight is 536 g/mol. The summed E-state index contributed by atoms with van der Waals surface area (Å²) in [6.07, 6.45) is -0.515. The summed E-state index contributed by atoms with van der Waals surface area (Å²) < 4.78 is 61.1. The Labute approximate surface area is 206 Å². The predicted molar refractivity (Wildman–Crippen MR) is 126 cm³/mol. The molecule has 1 aliphatic rings. The van der Waals surface area contributed by atoms with Gasteiger partial charge in [-0.05, 0) is 50.4 Å². The molecule has 1 aromatic heterocycles. The number of ether oxygens (including phenoxy) is 2. The lowest BCUT2D eigenvalue weighted by molar-refractivity contribution is -0.384. The zero-order valence-corrected chi connectivity index (χ0v) is 20.0. The first-order valence-electron chi connectivity index (χ1n) is 10.5. The van der Waals surface area contributed by atoms with Gasteiger partial charge in [0.25, 0.3) is 5.69 Å². The number of anilines is 2. The second kappa shape index (κ2) is 11.2. The number of nitro groups is 1. The van der Waals surface area contributed by atoms with Gasteiger partial charge in [-0.3, -0.25) is 10.1 Å². The predicted octanol–water partition coefficient (Wildman–Crippen LogP) is 5.80. The highest BCUT2D eigenvalue weighted by Crippen LogP contribution is 2.39. The molecule has 0 atom stereocenters. The molecule has 1 aromatic carbocycles. The van der Waals surface area contributed by atoms with E-state index in [9.17, 15) is 32.5 Å². The van der Waals surface area contributed by atoms with Gasteiger partial charge in [-0.2, -0.15) is 8.78 Å². The van der Waals surface area contributed by atoms with Crippen molar-refractivity contribution in [2.24, 2.45) is 0 Å². The van der Waals surface area contributed by atoms with Crippen molar-refractivity contribution in [3.63, 3.8) is 0 Å². The van der Waals surface area contributed by atoms with Crippen molar-refractivity contribution in [1.29, 1.82) is 0 Å². The maximum Gasteiger partial charge on any atom is 0.341 e. The molecule has 0 unspecified atom stereocenters. The van der Waals surface area contributed by atoms with Crippen LogP contribution in [0, 0.1) is 10.1 Å². The molecule has 0 amide bonds. The van der Waals surface area contributed by atoms with E-state index in [1.165, 1.54) is 11.3 Å². The van der Waals surface area contributed by atoms with Crippen molar-refractivity contribution in [3.05, 3.63) is 44.3 Å². The van der Waals surface area contributed by atoms with E-state index in [1.807, 2.05) is 0 Å². The summed E-state index contributed by atoms with van der Waals surface area (Å²) in [5, 5.41) is 17.2. The Bertz CT molecular complexity index is 1130. The largest absolute Gasteiger partial charge is 0.487 e. The Hall–Kier alpha value is -3.00. The van der Waals surface area contributed by atoms with Crippen LogP contribution in [0.4, 0.5) is 33.9 Å². The van der Waals surface area contributed by atoms with E-state index >= 15 is 0 Å². The molecule has 190 valence electrons. The molecule has 1 heterocycles. The molecule has 0 bridgehead atoms. The highest BCUT2D eigenvalue weighted by Gasteiger charge is 2.41. The average Bonchev–Trinajstić information content (AvgIpc) is 3.15. The van der Waals surface area contributed by atoms with Crippen LogP contribution in [0.25, 0.3) is 0 Å². The molecule has 0 fully saturated rings. The van der Waals surface area contributed by atoms with Crippen LogP contribution in [0.15, 0.2) is 18.2 Å². The number of esters is 1. The fourth-order valence-corrected chi connectivity index (χ4v) is 4.99. The van der Waals surface area contributed by atoms with E-state index in [4.69, 9.17) is 21.7 Å². The van der Waals surface area contributed by atoms with Crippen LogP contribution in [0.3, 0.4) is 0 Å². The lowest BCUT2D eigenvalue weighted by Crippen LogP contribution is -2.33. The number of rotatable bonds is 9. The lowest BCUT2D eigenvalue weighted by atomic mass is 9.95. The summed E-state index contributed by atoms with van der Waals surface area (Å²) in [5.41, 5.74) is 0.738. The third kappa shape index (κ3) is 6.57. The number of fused-ring (bicyclic) bond motifs is 1. The van der Waals surface area contributed by atoms with E-state index in [1.54, 1.807) is 6.92 Å². The molecule has 14 heteroatoms. The van der Waals surface area contributed by atoms with Gasteiger partial charge in [-0.25, -0.2) is 13.6 Å². The summed E-state index contributed by atoms with van der Waals surface area (Å²) in [6.45, 7) is 0.208. The second-order valence-corrected chi connectivity index (χ2v) is 9.05. The molecule has 2 aromatic rings. The highest BCUT2D eigenvalue weighted by atomic mass is 32.1. The maximum absolute atomic E-state index is 13.2. The van der Waals surface area contributed by atoms with Gasteiger partial charge in [0.05, 0.1) is 28.8 Å². The quantitative estimate of drug-likeness (QED) is 0.137. The number of aryl methyl sites for hydroxylation is 1. The number of thiocarbonyl (C=S) groups is 1. The Morgan fingerprint density at radius 1 is 1.26 bits per heavy atom. The van der Waals surface area contributed by atoms with Crippen LogP contribution in [-0.4, -0.2) is 41.6 Å². The summed E-state index contributed by atoms with van der Waals surface area (Å²) >= 11 is 6.64. The first kappa shape index (κ1) is 26.6. The van der Waals surface area contributed by atoms with Gasteiger partial charge in [0.1, 0.15) is 10.8 Å². The minimum absolute atomic E-state index is 0.00827. The summed E-state index contributed by atoms with van der Waals surface area (Å²) in [4.78, 5) is 24.1. The van der Waals surface area contributed by atoms with Crippen molar-refractivity contribution >= 4 is 51.0 Å². The molecule has 0 saturated heterocycles. The van der Waals surface area contributed by atoms with Gasteiger partial charge in [-0.1, -0.05) is 0 Å². The van der Waals surface area contributed by atoms with Crippen molar-refractivity contribution in [2.45, 2.75) is 45.0 Å². The fraction of sp³-hybridized carbons (Fsp3) is 0.429. The first-order chi connectivity index (χ1) is 16.5. The SMILES string of the molecule is CCOC(=O)c1c(NC(=S)Nc2cc(OCC(F)(F)C(F)F)cc([N+](=O)[O-])c2)sc2c1CCCC2. The molecular formula is C21H21F4N3O5S2.